The number of furan rings is 1. The van der Waals surface area contributed by atoms with Crippen LogP contribution in [0.25, 0.3) is 123 Å². The summed E-state index contributed by atoms with van der Waals surface area (Å²) < 4.78 is 6.62. The van der Waals surface area contributed by atoms with Crippen LogP contribution in [0.3, 0.4) is 0 Å². The summed E-state index contributed by atoms with van der Waals surface area (Å²) in [7, 11) is 0. The van der Waals surface area contributed by atoms with Crippen LogP contribution in [0, 0.1) is 0 Å². The Morgan fingerprint density at radius 3 is 1.35 bits per heavy atom. The fourth-order valence-corrected chi connectivity index (χ4v) is 12.1. The van der Waals surface area contributed by atoms with Crippen molar-refractivity contribution in [3.05, 3.63) is 283 Å². The van der Waals surface area contributed by atoms with E-state index in [0.717, 1.165) is 72.0 Å². The maximum absolute atomic E-state index is 6.62. The van der Waals surface area contributed by atoms with Gasteiger partial charge in [-0.25, -0.2) is 15.0 Å². The highest BCUT2D eigenvalue weighted by Crippen LogP contribution is 2.63. The second kappa shape index (κ2) is 16.7. The summed E-state index contributed by atoms with van der Waals surface area (Å²) in [6, 6.07) is 93.4. The molecule has 2 aliphatic carbocycles. The monoisotopic (exact) mass is 941 g/mol. The average Bonchev–Trinajstić information content (AvgIpc) is 4.20. The zero-order chi connectivity index (χ0) is 48.7. The molecular weight excluding hydrogens is 899 g/mol. The molecular formula is C70H43N3O. The van der Waals surface area contributed by atoms with Gasteiger partial charge in [-0.1, -0.05) is 231 Å². The molecule has 74 heavy (non-hydrogen) atoms. The minimum Gasteiger partial charge on any atom is -0.456 e. The van der Waals surface area contributed by atoms with Gasteiger partial charge in [-0.15, -0.1) is 0 Å². The Balaban J connectivity index is 0.830. The van der Waals surface area contributed by atoms with Crippen LogP contribution in [0.2, 0.25) is 0 Å². The van der Waals surface area contributed by atoms with Crippen molar-refractivity contribution in [3.63, 3.8) is 0 Å². The van der Waals surface area contributed by atoms with E-state index in [4.69, 9.17) is 19.4 Å². The molecule has 0 saturated heterocycles. The van der Waals surface area contributed by atoms with Crippen LogP contribution in [0.15, 0.2) is 265 Å². The Bertz CT molecular complexity index is 4320. The average molecular weight is 942 g/mol. The number of aromatic nitrogens is 3. The van der Waals surface area contributed by atoms with Gasteiger partial charge in [-0.05, 0) is 119 Å². The molecule has 2 heterocycles. The van der Waals surface area contributed by atoms with Gasteiger partial charge in [0.25, 0.3) is 0 Å². The van der Waals surface area contributed by atoms with Crippen molar-refractivity contribution in [2.75, 3.05) is 0 Å². The standard InChI is InChI=1S/C70H43N3O/c1-3-17-44(18-4-1)48-21-15-22-51(41-48)67-71-68(56-27-8-7-23-52(56)47-19-5-2-6-20-47)73-69(72-67)57-28-16-32-65-66(57)59-43-50(38-40-64(59)74-65)46-35-33-45(34-36-46)49-37-39-63-58(42-49)55-26-11-14-31-62(55)70(63)60-29-12-9-24-53(60)54-25-10-13-30-61(54)70/h1-43H. The summed E-state index contributed by atoms with van der Waals surface area (Å²) >= 11 is 0. The topological polar surface area (TPSA) is 51.8 Å². The lowest BCUT2D eigenvalue weighted by Crippen LogP contribution is -2.25. The van der Waals surface area contributed by atoms with Crippen molar-refractivity contribution in [1.82, 2.24) is 15.0 Å². The van der Waals surface area contributed by atoms with Crippen molar-refractivity contribution in [1.29, 1.82) is 0 Å². The molecule has 0 radical (unpaired) electrons. The van der Waals surface area contributed by atoms with E-state index in [9.17, 15) is 0 Å². The van der Waals surface area contributed by atoms with Crippen LogP contribution in [0.5, 0.6) is 0 Å². The lowest BCUT2D eigenvalue weighted by Gasteiger charge is -2.30. The summed E-state index contributed by atoms with van der Waals surface area (Å²) in [5, 5.41) is 1.96. The van der Waals surface area contributed by atoms with E-state index in [2.05, 4.69) is 231 Å². The largest absolute Gasteiger partial charge is 0.456 e. The summed E-state index contributed by atoms with van der Waals surface area (Å²) in [5.41, 5.74) is 23.5. The molecule has 15 rings (SSSR count). The van der Waals surface area contributed by atoms with Crippen molar-refractivity contribution in [3.8, 4) is 101 Å². The van der Waals surface area contributed by atoms with E-state index in [-0.39, 0.29) is 5.41 Å². The Morgan fingerprint density at radius 2 is 0.676 bits per heavy atom. The number of hydrogen-bond acceptors (Lipinski definition) is 4. The number of hydrogen-bond donors (Lipinski definition) is 0. The molecule has 11 aromatic carbocycles. The second-order valence-electron chi connectivity index (χ2n) is 19.4. The van der Waals surface area contributed by atoms with Gasteiger partial charge in [0, 0.05) is 27.5 Å². The van der Waals surface area contributed by atoms with Gasteiger partial charge in [-0.3, -0.25) is 0 Å². The molecule has 0 saturated carbocycles. The molecule has 1 spiro atoms. The predicted octanol–water partition coefficient (Wildman–Crippen LogP) is 17.8. The van der Waals surface area contributed by atoms with Crippen molar-refractivity contribution < 1.29 is 4.42 Å². The Hall–Kier alpha value is -9.77. The molecule has 4 nitrogen and oxygen atoms in total. The van der Waals surface area contributed by atoms with Crippen LogP contribution in [-0.4, -0.2) is 15.0 Å². The lowest BCUT2D eigenvalue weighted by molar-refractivity contribution is 0.669. The van der Waals surface area contributed by atoms with Gasteiger partial charge >= 0.3 is 0 Å². The van der Waals surface area contributed by atoms with E-state index >= 15 is 0 Å². The van der Waals surface area contributed by atoms with Crippen LogP contribution in [0.4, 0.5) is 0 Å². The molecule has 0 N–H and O–H groups in total. The van der Waals surface area contributed by atoms with Crippen LogP contribution in [-0.2, 0) is 5.41 Å². The quantitative estimate of drug-likeness (QED) is 0.160. The molecule has 2 aromatic heterocycles. The highest BCUT2D eigenvalue weighted by Gasteiger charge is 2.51. The van der Waals surface area contributed by atoms with E-state index in [1.54, 1.807) is 0 Å². The summed E-state index contributed by atoms with van der Waals surface area (Å²) in [4.78, 5) is 15.9. The fourth-order valence-electron chi connectivity index (χ4n) is 12.1. The van der Waals surface area contributed by atoms with E-state index in [1.165, 1.54) is 55.6 Å². The van der Waals surface area contributed by atoms with E-state index in [1.807, 2.05) is 30.3 Å². The first-order valence-corrected chi connectivity index (χ1v) is 25.2. The molecule has 2 aliphatic rings. The lowest BCUT2D eigenvalue weighted by atomic mass is 9.70. The van der Waals surface area contributed by atoms with Crippen LogP contribution in [0.1, 0.15) is 22.3 Å². The fraction of sp³-hybridized carbons (Fsp3) is 0.0143. The molecule has 0 bridgehead atoms. The van der Waals surface area contributed by atoms with Gasteiger partial charge in [0.1, 0.15) is 11.2 Å². The minimum atomic E-state index is -0.354. The number of nitrogens with zero attached hydrogens (tertiary/aromatic N) is 3. The zero-order valence-corrected chi connectivity index (χ0v) is 40.1. The third kappa shape index (κ3) is 6.45. The summed E-state index contributed by atoms with van der Waals surface area (Å²) in [6.45, 7) is 0. The molecule has 0 fully saturated rings. The highest BCUT2D eigenvalue weighted by molar-refractivity contribution is 6.13. The van der Waals surface area contributed by atoms with Gasteiger partial charge in [0.15, 0.2) is 17.5 Å². The first-order chi connectivity index (χ1) is 36.7. The Kier molecular flexibility index (Phi) is 9.45. The maximum atomic E-state index is 6.62. The minimum absolute atomic E-state index is 0.354. The number of fused-ring (bicyclic) bond motifs is 13. The van der Waals surface area contributed by atoms with Crippen molar-refractivity contribution in [2.24, 2.45) is 0 Å². The summed E-state index contributed by atoms with van der Waals surface area (Å²) in [5.74, 6) is 1.77. The highest BCUT2D eigenvalue weighted by atomic mass is 16.3. The van der Waals surface area contributed by atoms with E-state index in [0.29, 0.717) is 17.5 Å². The first kappa shape index (κ1) is 42.0. The molecule has 13 aromatic rings. The molecule has 344 valence electrons. The van der Waals surface area contributed by atoms with Gasteiger partial charge in [0.2, 0.25) is 0 Å². The van der Waals surface area contributed by atoms with Crippen LogP contribution < -0.4 is 0 Å². The number of benzene rings is 11. The molecule has 0 aliphatic heterocycles. The van der Waals surface area contributed by atoms with Gasteiger partial charge < -0.3 is 4.42 Å². The normalized spacial score (nSPS) is 12.7. The molecule has 4 heteroatoms. The maximum Gasteiger partial charge on any atom is 0.164 e. The van der Waals surface area contributed by atoms with E-state index < -0.39 is 0 Å². The molecule has 0 amide bonds. The van der Waals surface area contributed by atoms with Crippen molar-refractivity contribution in [2.45, 2.75) is 5.41 Å². The third-order valence-electron chi connectivity index (χ3n) is 15.4. The molecule has 0 atom stereocenters. The Morgan fingerprint density at radius 1 is 0.243 bits per heavy atom. The van der Waals surface area contributed by atoms with Gasteiger partial charge in [0.05, 0.1) is 5.41 Å². The molecule has 0 unspecified atom stereocenters. The predicted molar refractivity (Wildman–Crippen MR) is 301 cm³/mol. The first-order valence-electron chi connectivity index (χ1n) is 25.2. The smallest absolute Gasteiger partial charge is 0.164 e. The zero-order valence-electron chi connectivity index (χ0n) is 40.1. The van der Waals surface area contributed by atoms with Crippen LogP contribution >= 0.6 is 0 Å². The SMILES string of the molecule is c1ccc(-c2cccc(-c3nc(-c4ccccc4-c4ccccc4)nc(-c4cccc5oc6ccc(-c7ccc(-c8ccc9c(c8)-c8ccccc8C98c9ccccc9-c9ccccc98)cc7)cc6c45)n3)c2)cc1. The summed E-state index contributed by atoms with van der Waals surface area (Å²) in [6.07, 6.45) is 0. The third-order valence-corrected chi connectivity index (χ3v) is 15.4. The second-order valence-corrected chi connectivity index (χ2v) is 19.4. The van der Waals surface area contributed by atoms with Crippen molar-refractivity contribution >= 4 is 21.9 Å². The van der Waals surface area contributed by atoms with Gasteiger partial charge in [-0.2, -0.15) is 0 Å². The number of rotatable bonds is 7. The Labute approximate surface area is 428 Å².